The molecule has 5 heteroatoms. The number of aliphatic carboxylic acids is 1. The topological polar surface area (TPSA) is 54.4 Å². The first-order valence-corrected chi connectivity index (χ1v) is 3.07. The van der Waals surface area contributed by atoms with E-state index >= 15 is 0 Å². The molecule has 0 amide bonds. The van der Waals surface area contributed by atoms with E-state index in [1.54, 1.807) is 6.92 Å². The molecule has 0 bridgehead atoms. The zero-order valence-corrected chi connectivity index (χ0v) is 8.20. The molecule has 0 aromatic heterocycles. The van der Waals surface area contributed by atoms with Crippen molar-refractivity contribution in [2.75, 3.05) is 5.75 Å². The Balaban J connectivity index is -0.000000245. The number of carboxylic acids is 1. The van der Waals surface area contributed by atoms with Gasteiger partial charge >= 0.3 is 35.5 Å². The fourth-order valence-electron chi connectivity index (χ4n) is 0.193. The Labute approximate surface area is 81.0 Å². The van der Waals surface area contributed by atoms with Crippen molar-refractivity contribution in [3.8, 4) is 0 Å². The average Bonchev–Trinajstić information content (AvgIpc) is 1.67. The van der Waals surface area contributed by atoms with Gasteiger partial charge in [-0.3, -0.25) is 4.79 Å². The van der Waals surface area contributed by atoms with E-state index in [2.05, 4.69) is 0 Å². The van der Waals surface area contributed by atoms with Crippen LogP contribution in [0.5, 0.6) is 0 Å². The summed E-state index contributed by atoms with van der Waals surface area (Å²) in [5.41, 5.74) is 0. The molecule has 0 saturated carbocycles. The maximum Gasteiger partial charge on any atom is 1.00 e. The van der Waals surface area contributed by atoms with Crippen molar-refractivity contribution in [1.82, 2.24) is 0 Å². The molecule has 0 aliphatic heterocycles. The minimum atomic E-state index is -1.36. The maximum absolute atomic E-state index is 10.1. The van der Waals surface area contributed by atoms with Gasteiger partial charge in [0.05, 0.1) is 0 Å². The van der Waals surface area contributed by atoms with Crippen LogP contribution in [0.1, 0.15) is 8.35 Å². The number of rotatable bonds is 1. The van der Waals surface area contributed by atoms with Crippen LogP contribution in [0.15, 0.2) is 0 Å². The second-order valence-electron chi connectivity index (χ2n) is 1.03. The Bertz CT molecular complexity index is 119. The number of hydrogen-bond acceptors (Lipinski definition) is 3. The van der Waals surface area contributed by atoms with E-state index in [-0.39, 0.29) is 31.0 Å². The summed E-state index contributed by atoms with van der Waals surface area (Å²) in [5, 5.41) is 7.16. The second-order valence-corrected chi connectivity index (χ2v) is 2.26. The Kier molecular flexibility index (Phi) is 8.95. The summed E-state index contributed by atoms with van der Waals surface area (Å²) in [7, 11) is 0. The van der Waals surface area contributed by atoms with Crippen molar-refractivity contribution in [2.45, 2.75) is 6.92 Å². The van der Waals surface area contributed by atoms with E-state index in [0.29, 0.717) is 5.75 Å². The van der Waals surface area contributed by atoms with Gasteiger partial charge in [0.2, 0.25) is 0 Å². The van der Waals surface area contributed by atoms with Crippen LogP contribution in [0.2, 0.25) is 0 Å². The molecule has 0 heterocycles. The molecular weight excluding hydrogens is 151 g/mol. The number of carbonyl (C=O) groups is 2. The summed E-state index contributed by atoms with van der Waals surface area (Å²) in [6.07, 6.45) is 0. The number of carboxylic acid groups (broad SMARTS) is 1. The number of thioether (sulfide) groups is 1. The molecule has 0 saturated heterocycles. The SMILES string of the molecule is CCSC(=O)C(=O)O.[H-].[Na+]. The largest absolute Gasteiger partial charge is 1.00 e. The van der Waals surface area contributed by atoms with Crippen molar-refractivity contribution >= 4 is 22.8 Å². The number of hydrogen-bond donors (Lipinski definition) is 1. The predicted octanol–water partition coefficient (Wildman–Crippen LogP) is -2.53. The summed E-state index contributed by atoms with van der Waals surface area (Å²) >= 11 is 0.801. The monoisotopic (exact) mass is 158 g/mol. The van der Waals surface area contributed by atoms with Crippen molar-refractivity contribution in [1.29, 1.82) is 0 Å². The molecule has 0 aromatic carbocycles. The van der Waals surface area contributed by atoms with Gasteiger partial charge in [0.15, 0.2) is 0 Å². The third-order valence-electron chi connectivity index (χ3n) is 0.450. The second kappa shape index (κ2) is 6.61. The minimum Gasteiger partial charge on any atom is -1.00 e. The van der Waals surface area contributed by atoms with Gasteiger partial charge in [-0.05, 0) is 5.75 Å². The van der Waals surface area contributed by atoms with Crippen LogP contribution in [-0.2, 0) is 9.59 Å². The van der Waals surface area contributed by atoms with Crippen LogP contribution in [0.3, 0.4) is 0 Å². The van der Waals surface area contributed by atoms with Gasteiger partial charge in [0.1, 0.15) is 0 Å². The molecule has 0 spiro atoms. The summed E-state index contributed by atoms with van der Waals surface area (Å²) in [6, 6.07) is 0. The van der Waals surface area contributed by atoms with Crippen LogP contribution >= 0.6 is 11.8 Å². The van der Waals surface area contributed by atoms with Crippen LogP contribution in [0.4, 0.5) is 0 Å². The smallest absolute Gasteiger partial charge is 1.00 e. The summed E-state index contributed by atoms with van der Waals surface area (Å²) < 4.78 is 0. The van der Waals surface area contributed by atoms with Gasteiger partial charge in [0, 0.05) is 0 Å². The van der Waals surface area contributed by atoms with Gasteiger partial charge in [-0.1, -0.05) is 18.7 Å². The van der Waals surface area contributed by atoms with Gasteiger partial charge in [-0.15, -0.1) is 0 Å². The van der Waals surface area contributed by atoms with E-state index in [0.717, 1.165) is 11.8 Å². The quantitative estimate of drug-likeness (QED) is 0.337. The maximum atomic E-state index is 10.1. The Morgan fingerprint density at radius 1 is 1.67 bits per heavy atom. The molecule has 0 fully saturated rings. The minimum absolute atomic E-state index is 0. The first-order valence-electron chi connectivity index (χ1n) is 2.08. The number of carbonyl (C=O) groups excluding carboxylic acids is 1. The third kappa shape index (κ3) is 6.37. The fraction of sp³-hybridized carbons (Fsp3) is 0.500. The van der Waals surface area contributed by atoms with Crippen LogP contribution in [0, 0.1) is 0 Å². The first-order chi connectivity index (χ1) is 3.68. The average molecular weight is 158 g/mol. The predicted molar refractivity (Wildman–Crippen MR) is 31.9 cm³/mol. The Morgan fingerprint density at radius 2 is 2.11 bits per heavy atom. The first kappa shape index (κ1) is 12.2. The molecular formula is C4H7NaO3S. The molecule has 9 heavy (non-hydrogen) atoms. The van der Waals surface area contributed by atoms with E-state index in [1.165, 1.54) is 0 Å². The van der Waals surface area contributed by atoms with E-state index < -0.39 is 11.1 Å². The van der Waals surface area contributed by atoms with Crippen molar-refractivity contribution < 1.29 is 45.7 Å². The van der Waals surface area contributed by atoms with Gasteiger partial charge in [0.25, 0.3) is 5.12 Å². The molecule has 0 atom stereocenters. The van der Waals surface area contributed by atoms with Gasteiger partial charge < -0.3 is 6.53 Å². The third-order valence-corrected chi connectivity index (χ3v) is 1.18. The Morgan fingerprint density at radius 3 is 2.22 bits per heavy atom. The molecule has 0 rings (SSSR count). The fourth-order valence-corrected chi connectivity index (χ4v) is 0.578. The van der Waals surface area contributed by atoms with E-state index in [1.807, 2.05) is 0 Å². The van der Waals surface area contributed by atoms with Crippen LogP contribution in [-0.4, -0.2) is 21.9 Å². The van der Waals surface area contributed by atoms with Gasteiger partial charge in [-0.2, -0.15) is 0 Å². The summed E-state index contributed by atoms with van der Waals surface area (Å²) in [6.45, 7) is 1.73. The molecule has 3 nitrogen and oxygen atoms in total. The van der Waals surface area contributed by atoms with E-state index in [9.17, 15) is 9.59 Å². The molecule has 0 unspecified atom stereocenters. The van der Waals surface area contributed by atoms with Crippen molar-refractivity contribution in [2.24, 2.45) is 0 Å². The normalized spacial score (nSPS) is 7.67. The zero-order chi connectivity index (χ0) is 6.57. The molecule has 0 radical (unpaired) electrons. The molecule has 1 N–H and O–H groups in total. The standard InChI is InChI=1S/C4H6O3S.Na.H/c1-2-8-4(7)3(5)6;;/h2H2,1H3,(H,5,6);;/q;+1;-1. The van der Waals surface area contributed by atoms with Crippen molar-refractivity contribution in [3.63, 3.8) is 0 Å². The molecule has 48 valence electrons. The van der Waals surface area contributed by atoms with Crippen LogP contribution < -0.4 is 29.6 Å². The Hall–Kier alpha value is 0.490. The zero-order valence-electron chi connectivity index (χ0n) is 6.38. The summed E-state index contributed by atoms with van der Waals surface area (Å²) in [4.78, 5) is 19.8. The van der Waals surface area contributed by atoms with Gasteiger partial charge in [-0.25, -0.2) is 4.79 Å². The van der Waals surface area contributed by atoms with E-state index in [4.69, 9.17) is 5.11 Å². The molecule has 0 aliphatic carbocycles. The summed E-state index contributed by atoms with van der Waals surface area (Å²) in [5.74, 6) is -0.845. The van der Waals surface area contributed by atoms with Crippen LogP contribution in [0.25, 0.3) is 0 Å². The van der Waals surface area contributed by atoms with Crippen molar-refractivity contribution in [3.05, 3.63) is 0 Å². The molecule has 0 aromatic rings. The molecule has 0 aliphatic rings.